The van der Waals surface area contributed by atoms with Crippen LogP contribution in [0.25, 0.3) is 0 Å². The first-order valence-corrected chi connectivity index (χ1v) is 6.15. The van der Waals surface area contributed by atoms with Crippen molar-refractivity contribution in [1.29, 1.82) is 0 Å². The lowest BCUT2D eigenvalue weighted by Gasteiger charge is -2.69. The topological polar surface area (TPSA) is 0 Å². The average molecular weight is 224 g/mol. The maximum absolute atomic E-state index is 6.29. The molecule has 0 spiro atoms. The Morgan fingerprint density at radius 3 is 0.647 bits per heavy atom. The van der Waals surface area contributed by atoms with Crippen LogP contribution in [-0.2, 0) is 0 Å². The van der Waals surface area contributed by atoms with Crippen LogP contribution in [0.4, 0.5) is 0 Å². The van der Waals surface area contributed by atoms with E-state index in [1.807, 2.05) is 13.8 Å². The molecule has 0 aromatic rings. The van der Waals surface area contributed by atoms with Crippen LogP contribution in [0.1, 0.15) is 55.4 Å². The normalized spacial score (nSPS) is 16.0. The van der Waals surface area contributed by atoms with Crippen LogP contribution in [0.15, 0.2) is 0 Å². The highest BCUT2D eigenvalue weighted by molar-refractivity contribution is 6.45. The van der Waals surface area contributed by atoms with Gasteiger partial charge >= 0.3 is 0 Å². The Morgan fingerprint density at radius 1 is 0.471 bits per heavy atom. The largest absolute Gasteiger partial charge is 0.0962 e. The van der Waals surface area contributed by atoms with Gasteiger partial charge in [0.05, 0.1) is 31.4 Å². The molecule has 0 amide bonds. The third kappa shape index (κ3) is 2.51. The molecule has 0 aromatic carbocycles. The molecule has 0 atom stereocenters. The molecular weight excluding hydrogens is 199 g/mol. The molecule has 0 bridgehead atoms. The molecule has 0 unspecified atom stereocenters. The second-order valence-electron chi connectivity index (χ2n) is 7.82. The number of rotatable bonds is 2. The summed E-state index contributed by atoms with van der Waals surface area (Å²) in [5, 5.41) is -1.97. The average Bonchev–Trinajstić information content (AvgIpc) is 1.67. The van der Waals surface area contributed by atoms with Gasteiger partial charge in [0, 0.05) is 0 Å². The van der Waals surface area contributed by atoms with Gasteiger partial charge in [-0.05, 0) is 16.2 Å². The molecule has 4 heteroatoms. The molecule has 0 aromatic heterocycles. The summed E-state index contributed by atoms with van der Waals surface area (Å²) >= 11 is 0. The van der Waals surface area contributed by atoms with Gasteiger partial charge in [-0.3, -0.25) is 0 Å². The Hall–Kier alpha value is 0.260. The molecule has 0 heterocycles. The maximum atomic E-state index is 6.29. The molecule has 0 rings (SSSR count). The Morgan fingerprint density at radius 2 is 0.647 bits per heavy atom. The lowest BCUT2D eigenvalue weighted by Crippen LogP contribution is -2.60. The predicted octanol–water partition coefficient (Wildman–Crippen LogP) is 3.01. The second kappa shape index (κ2) is 4.14. The fourth-order valence-electron chi connectivity index (χ4n) is 4.94. The van der Waals surface area contributed by atoms with Crippen LogP contribution >= 0.6 is 0 Å². The first kappa shape index (κ1) is 17.3. The number of hydrogen-bond donors (Lipinski definition) is 0. The van der Waals surface area contributed by atoms with Crippen molar-refractivity contribution in [3.05, 3.63) is 0 Å². The molecule has 0 N–H and O–H groups in total. The molecule has 8 radical (unpaired) electrons. The monoisotopic (exact) mass is 224 g/mol. The van der Waals surface area contributed by atoms with E-state index in [4.69, 9.17) is 31.4 Å². The molecule has 0 saturated carbocycles. The zero-order valence-corrected chi connectivity index (χ0v) is 12.8. The minimum absolute atomic E-state index is 0.234. The lowest BCUT2D eigenvalue weighted by molar-refractivity contribution is -0.0612. The lowest BCUT2D eigenvalue weighted by atomic mass is 9.21. The summed E-state index contributed by atoms with van der Waals surface area (Å²) in [6.07, 6.45) is 0. The van der Waals surface area contributed by atoms with Crippen molar-refractivity contribution < 1.29 is 0 Å². The third-order valence-electron chi connectivity index (χ3n) is 3.87. The summed E-state index contributed by atoms with van der Waals surface area (Å²) in [7, 11) is 25.2. The minimum atomic E-state index is -0.984. The van der Waals surface area contributed by atoms with Gasteiger partial charge in [0.2, 0.25) is 0 Å². The third-order valence-corrected chi connectivity index (χ3v) is 3.87. The highest BCUT2D eigenvalue weighted by Gasteiger charge is 2.61. The maximum Gasteiger partial charge on any atom is 0.0624 e. The summed E-state index contributed by atoms with van der Waals surface area (Å²) in [5.41, 5.74) is -1.11. The fraction of sp³-hybridized carbons (Fsp3) is 1.00. The van der Waals surface area contributed by atoms with Crippen molar-refractivity contribution >= 4 is 31.4 Å². The smallest absolute Gasteiger partial charge is 0.0624 e. The Balaban J connectivity index is 6.37. The SMILES string of the molecule is [B]C([B])(C)C(C([B])([B])C)(C(C)(C)C)C(C)(C)C. The Labute approximate surface area is 114 Å². The Bertz CT molecular complexity index is 206. The van der Waals surface area contributed by atoms with Crippen molar-refractivity contribution in [2.45, 2.75) is 65.8 Å². The van der Waals surface area contributed by atoms with Gasteiger partial charge in [-0.2, -0.15) is 0 Å². The molecule has 0 nitrogen and oxygen atoms in total. The summed E-state index contributed by atoms with van der Waals surface area (Å²) in [4.78, 5) is 0. The van der Waals surface area contributed by atoms with Crippen LogP contribution in [-0.4, -0.2) is 31.4 Å². The van der Waals surface area contributed by atoms with Gasteiger partial charge < -0.3 is 0 Å². The van der Waals surface area contributed by atoms with Crippen LogP contribution < -0.4 is 0 Å². The summed E-state index contributed by atoms with van der Waals surface area (Å²) in [6, 6.07) is 0. The highest BCUT2D eigenvalue weighted by Crippen LogP contribution is 2.71. The predicted molar refractivity (Wildman–Crippen MR) is 81.1 cm³/mol. The van der Waals surface area contributed by atoms with Crippen molar-refractivity contribution in [2.75, 3.05) is 0 Å². The van der Waals surface area contributed by atoms with Gasteiger partial charge in [0.15, 0.2) is 0 Å². The van der Waals surface area contributed by atoms with Crippen molar-refractivity contribution in [2.24, 2.45) is 16.2 Å². The summed E-state index contributed by atoms with van der Waals surface area (Å²) < 4.78 is 0. The second-order valence-corrected chi connectivity index (χ2v) is 7.82. The first-order chi connectivity index (χ1) is 7.00. The number of hydrogen-bond acceptors (Lipinski definition) is 0. The molecule has 0 aliphatic carbocycles. The van der Waals surface area contributed by atoms with Crippen molar-refractivity contribution in [3.8, 4) is 0 Å². The van der Waals surface area contributed by atoms with E-state index in [1.54, 1.807) is 0 Å². The van der Waals surface area contributed by atoms with Gasteiger partial charge in [-0.25, -0.2) is 0 Å². The van der Waals surface area contributed by atoms with Crippen LogP contribution in [0.2, 0.25) is 10.4 Å². The molecule has 88 valence electrons. The zero-order valence-electron chi connectivity index (χ0n) is 12.8. The van der Waals surface area contributed by atoms with Crippen LogP contribution in [0, 0.1) is 16.2 Å². The van der Waals surface area contributed by atoms with Crippen LogP contribution in [0.5, 0.6) is 0 Å². The highest BCUT2D eigenvalue weighted by atomic mass is 14.6. The van der Waals surface area contributed by atoms with E-state index < -0.39 is 15.8 Å². The Kier molecular flexibility index (Phi) is 4.20. The van der Waals surface area contributed by atoms with E-state index in [9.17, 15) is 0 Å². The van der Waals surface area contributed by atoms with E-state index >= 15 is 0 Å². The van der Waals surface area contributed by atoms with E-state index in [2.05, 4.69) is 41.5 Å². The molecule has 0 saturated heterocycles. The van der Waals surface area contributed by atoms with Crippen molar-refractivity contribution in [3.63, 3.8) is 0 Å². The molecule has 0 fully saturated rings. The van der Waals surface area contributed by atoms with Gasteiger partial charge in [-0.15, -0.1) is 0 Å². The molecule has 17 heavy (non-hydrogen) atoms. The molecule has 0 aliphatic heterocycles. The zero-order chi connectivity index (χ0) is 14.5. The van der Waals surface area contributed by atoms with Crippen LogP contribution in [0.3, 0.4) is 0 Å². The first-order valence-electron chi connectivity index (χ1n) is 6.15. The fourth-order valence-corrected chi connectivity index (χ4v) is 4.94. The molecular formula is C13H24B4. The van der Waals surface area contributed by atoms with E-state index in [0.717, 1.165) is 0 Å². The van der Waals surface area contributed by atoms with E-state index in [-0.39, 0.29) is 10.8 Å². The summed E-state index contributed by atoms with van der Waals surface area (Å²) in [5.74, 6) is 0. The standard InChI is InChI=1S/C13H24B4/c1-9(2,3)13(10(4,5)6,11(7,14)15)12(8,16)17/h1-8H3. The van der Waals surface area contributed by atoms with E-state index in [0.29, 0.717) is 0 Å². The minimum Gasteiger partial charge on any atom is -0.0962 e. The molecule has 0 aliphatic rings. The van der Waals surface area contributed by atoms with Gasteiger partial charge in [0.25, 0.3) is 0 Å². The summed E-state index contributed by atoms with van der Waals surface area (Å²) in [6.45, 7) is 16.2. The van der Waals surface area contributed by atoms with Gasteiger partial charge in [-0.1, -0.05) is 65.8 Å². The van der Waals surface area contributed by atoms with Gasteiger partial charge in [0.1, 0.15) is 0 Å². The van der Waals surface area contributed by atoms with E-state index in [1.165, 1.54) is 0 Å². The van der Waals surface area contributed by atoms with Crippen molar-refractivity contribution in [1.82, 2.24) is 0 Å². The quantitative estimate of drug-likeness (QED) is 0.632.